The molecule has 0 aliphatic carbocycles. The van der Waals surface area contributed by atoms with Crippen LogP contribution in [-0.2, 0) is 0 Å². The van der Waals surface area contributed by atoms with Crippen LogP contribution >= 0.6 is 0 Å². The van der Waals surface area contributed by atoms with E-state index in [1.54, 1.807) is 18.2 Å². The van der Waals surface area contributed by atoms with Gasteiger partial charge in [0.2, 0.25) is 6.79 Å². The highest BCUT2D eigenvalue weighted by atomic mass is 16.7. The molecule has 162 valence electrons. The Bertz CT molecular complexity index is 1180. The molecule has 0 aromatic heterocycles. The highest BCUT2D eigenvalue weighted by Gasteiger charge is 2.46. The van der Waals surface area contributed by atoms with Crippen LogP contribution in [-0.4, -0.2) is 41.9 Å². The van der Waals surface area contributed by atoms with Gasteiger partial charge in [-0.05, 0) is 53.4 Å². The Balaban J connectivity index is 1.40. The van der Waals surface area contributed by atoms with E-state index in [1.807, 2.05) is 23.1 Å². The molecular weight excluding hydrogens is 404 g/mol. The van der Waals surface area contributed by atoms with E-state index >= 15 is 0 Å². The molecule has 1 saturated heterocycles. The third kappa shape index (κ3) is 3.02. The first-order valence-corrected chi connectivity index (χ1v) is 11.0. The molecule has 3 aromatic rings. The fraction of sp³-hybridized carbons (Fsp3) is 0.269. The number of carbonyl (C=O) groups is 1. The van der Waals surface area contributed by atoms with E-state index in [2.05, 4.69) is 35.6 Å². The van der Waals surface area contributed by atoms with Crippen molar-refractivity contribution in [1.82, 2.24) is 4.90 Å². The molecule has 3 atom stereocenters. The van der Waals surface area contributed by atoms with E-state index in [4.69, 9.17) is 9.47 Å². The van der Waals surface area contributed by atoms with Gasteiger partial charge >= 0.3 is 0 Å². The molecule has 1 fully saturated rings. The molecular formula is C26H24N2O4. The summed E-state index contributed by atoms with van der Waals surface area (Å²) in [5.41, 5.74) is 4.94. The van der Waals surface area contributed by atoms with Gasteiger partial charge in [0.25, 0.3) is 5.91 Å². The second-order valence-electron chi connectivity index (χ2n) is 8.57. The van der Waals surface area contributed by atoms with Crippen molar-refractivity contribution in [3.63, 3.8) is 0 Å². The molecule has 3 heterocycles. The second-order valence-corrected chi connectivity index (χ2v) is 8.57. The van der Waals surface area contributed by atoms with Crippen LogP contribution < -0.4 is 14.8 Å². The van der Waals surface area contributed by atoms with Gasteiger partial charge in [-0.1, -0.05) is 36.4 Å². The molecule has 6 heteroatoms. The number of hydrogen-bond acceptors (Lipinski definition) is 5. The summed E-state index contributed by atoms with van der Waals surface area (Å²) in [6.45, 7) is 0.865. The number of benzene rings is 3. The van der Waals surface area contributed by atoms with Crippen LogP contribution in [0.1, 0.15) is 28.4 Å². The molecule has 0 saturated carbocycles. The fourth-order valence-electron chi connectivity index (χ4n) is 5.30. The third-order valence-electron chi connectivity index (χ3n) is 6.86. The topological polar surface area (TPSA) is 71.0 Å². The summed E-state index contributed by atoms with van der Waals surface area (Å²) < 4.78 is 10.9. The van der Waals surface area contributed by atoms with Crippen LogP contribution in [0.15, 0.2) is 66.7 Å². The maximum atomic E-state index is 13.6. The van der Waals surface area contributed by atoms with Gasteiger partial charge in [0.15, 0.2) is 11.5 Å². The Hall–Kier alpha value is -3.51. The normalized spacial score (nSPS) is 22.8. The molecule has 1 amide bonds. The summed E-state index contributed by atoms with van der Waals surface area (Å²) in [5.74, 6) is 1.40. The van der Waals surface area contributed by atoms with Gasteiger partial charge < -0.3 is 24.8 Å². The lowest BCUT2D eigenvalue weighted by molar-refractivity contribution is 0.0700. The summed E-state index contributed by atoms with van der Waals surface area (Å²) in [7, 11) is 0. The van der Waals surface area contributed by atoms with Crippen LogP contribution in [0.25, 0.3) is 11.1 Å². The minimum Gasteiger partial charge on any atom is -0.454 e. The number of nitrogens with one attached hydrogen (secondary N) is 1. The first kappa shape index (κ1) is 19.2. The van der Waals surface area contributed by atoms with E-state index in [1.165, 1.54) is 0 Å². The maximum absolute atomic E-state index is 13.6. The minimum atomic E-state index is -0.0926. The number of nitrogens with zero attached hydrogens (tertiary/aromatic N) is 1. The van der Waals surface area contributed by atoms with Gasteiger partial charge in [-0.2, -0.15) is 0 Å². The number of aliphatic hydroxyl groups is 1. The molecule has 6 nitrogen and oxygen atoms in total. The van der Waals surface area contributed by atoms with Gasteiger partial charge in [-0.15, -0.1) is 0 Å². The van der Waals surface area contributed by atoms with Crippen molar-refractivity contribution in [1.29, 1.82) is 0 Å². The van der Waals surface area contributed by atoms with Crippen LogP contribution in [0.3, 0.4) is 0 Å². The summed E-state index contributed by atoms with van der Waals surface area (Å²) in [6, 6.07) is 21.8. The molecule has 3 aliphatic heterocycles. The van der Waals surface area contributed by atoms with Crippen molar-refractivity contribution < 1.29 is 19.4 Å². The van der Waals surface area contributed by atoms with Crippen molar-refractivity contribution in [2.24, 2.45) is 5.92 Å². The number of ether oxygens (including phenoxy) is 2. The Morgan fingerprint density at radius 3 is 2.69 bits per heavy atom. The zero-order valence-corrected chi connectivity index (χ0v) is 17.5. The van der Waals surface area contributed by atoms with E-state index in [0.29, 0.717) is 23.6 Å². The molecule has 2 N–H and O–H groups in total. The lowest BCUT2D eigenvalue weighted by Gasteiger charge is -2.39. The maximum Gasteiger partial charge on any atom is 0.254 e. The standard InChI is InChI=1S/C26H24N2O4/c29-14-22-19-10-11-28(26(30)18-7-9-23-24(13-18)32-15-31-23)25(19)20-12-17(6-8-21(20)27-22)16-4-2-1-3-5-16/h1-9,12-13,19,22,25,27,29H,10-11,14-15H2/t19-,22-,25-/m1/s1. The largest absolute Gasteiger partial charge is 0.454 e. The molecule has 0 spiro atoms. The monoisotopic (exact) mass is 428 g/mol. The number of rotatable bonds is 3. The predicted molar refractivity (Wildman–Crippen MR) is 121 cm³/mol. The van der Waals surface area contributed by atoms with Crippen LogP contribution in [0.4, 0.5) is 5.69 Å². The van der Waals surface area contributed by atoms with Gasteiger partial charge in [0, 0.05) is 23.7 Å². The average molecular weight is 428 g/mol. The van der Waals surface area contributed by atoms with Gasteiger partial charge in [-0.25, -0.2) is 0 Å². The van der Waals surface area contributed by atoms with E-state index < -0.39 is 0 Å². The van der Waals surface area contributed by atoms with Crippen LogP contribution in [0.5, 0.6) is 11.5 Å². The Morgan fingerprint density at radius 2 is 1.84 bits per heavy atom. The van der Waals surface area contributed by atoms with E-state index in [-0.39, 0.29) is 37.3 Å². The zero-order valence-electron chi connectivity index (χ0n) is 17.5. The van der Waals surface area contributed by atoms with Crippen molar-refractivity contribution in [2.75, 3.05) is 25.3 Å². The summed E-state index contributed by atoms with van der Waals surface area (Å²) in [4.78, 5) is 15.6. The molecule has 0 radical (unpaired) electrons. The van der Waals surface area contributed by atoms with Crippen molar-refractivity contribution >= 4 is 11.6 Å². The van der Waals surface area contributed by atoms with Gasteiger partial charge in [0.1, 0.15) is 0 Å². The Kier molecular flexibility index (Phi) is 4.54. The second kappa shape index (κ2) is 7.57. The number of likely N-dealkylation sites (tertiary alicyclic amines) is 1. The summed E-state index contributed by atoms with van der Waals surface area (Å²) in [5, 5.41) is 13.6. The van der Waals surface area contributed by atoms with Gasteiger partial charge in [0.05, 0.1) is 18.7 Å². The number of carbonyl (C=O) groups excluding carboxylic acids is 1. The summed E-state index contributed by atoms with van der Waals surface area (Å²) in [6.07, 6.45) is 0.841. The third-order valence-corrected chi connectivity index (χ3v) is 6.86. The highest BCUT2D eigenvalue weighted by molar-refractivity contribution is 5.95. The number of anilines is 1. The number of hydrogen-bond donors (Lipinski definition) is 2. The minimum absolute atomic E-state index is 0.0227. The SMILES string of the molecule is O=C(c1ccc2c(c1)OCO2)N1CC[C@@H]2[C@@H](CO)Nc3ccc(-c4ccccc4)cc3[C@@H]21. The zero-order chi connectivity index (χ0) is 21.7. The average Bonchev–Trinajstić information content (AvgIpc) is 3.50. The highest BCUT2D eigenvalue weighted by Crippen LogP contribution is 2.48. The molecule has 0 bridgehead atoms. The van der Waals surface area contributed by atoms with Crippen LogP contribution in [0, 0.1) is 5.92 Å². The number of amides is 1. The van der Waals surface area contributed by atoms with Gasteiger partial charge in [-0.3, -0.25) is 4.79 Å². The predicted octanol–water partition coefficient (Wildman–Crippen LogP) is 4.07. The first-order chi connectivity index (χ1) is 15.7. The molecule has 32 heavy (non-hydrogen) atoms. The molecule has 3 aliphatic rings. The number of fused-ring (bicyclic) bond motifs is 4. The van der Waals surface area contributed by atoms with Crippen LogP contribution in [0.2, 0.25) is 0 Å². The first-order valence-electron chi connectivity index (χ1n) is 11.0. The Morgan fingerprint density at radius 1 is 1.00 bits per heavy atom. The lowest BCUT2D eigenvalue weighted by atomic mass is 9.82. The fourth-order valence-corrected chi connectivity index (χ4v) is 5.30. The smallest absolute Gasteiger partial charge is 0.254 e. The lowest BCUT2D eigenvalue weighted by Crippen LogP contribution is -2.42. The van der Waals surface area contributed by atoms with Crippen molar-refractivity contribution in [3.8, 4) is 22.6 Å². The Labute approximate surface area is 186 Å². The molecule has 3 aromatic carbocycles. The van der Waals surface area contributed by atoms with E-state index in [9.17, 15) is 9.90 Å². The van der Waals surface area contributed by atoms with Crippen molar-refractivity contribution in [3.05, 3.63) is 77.9 Å². The van der Waals surface area contributed by atoms with Crippen molar-refractivity contribution in [2.45, 2.75) is 18.5 Å². The number of aliphatic hydroxyl groups excluding tert-OH is 1. The quantitative estimate of drug-likeness (QED) is 0.658. The molecule has 6 rings (SSSR count). The summed E-state index contributed by atoms with van der Waals surface area (Å²) >= 11 is 0. The molecule has 0 unspecified atom stereocenters. The van der Waals surface area contributed by atoms with E-state index in [0.717, 1.165) is 28.8 Å².